The molecule has 15 heavy (non-hydrogen) atoms. The lowest BCUT2D eigenvalue weighted by Gasteiger charge is -2.16. The van der Waals surface area contributed by atoms with Crippen molar-refractivity contribution in [1.82, 2.24) is 0 Å². The summed E-state index contributed by atoms with van der Waals surface area (Å²) in [4.78, 5) is 11.9. The third kappa shape index (κ3) is 1.36. The number of benzene rings is 1. The molecule has 0 saturated heterocycles. The smallest absolute Gasteiger partial charge is 0.163 e. The maximum Gasteiger partial charge on any atom is 0.163 e. The fourth-order valence-electron chi connectivity index (χ4n) is 2.40. The average molecular weight is 216 g/mol. The van der Waals surface area contributed by atoms with Crippen molar-refractivity contribution in [3.05, 3.63) is 47.4 Å². The van der Waals surface area contributed by atoms with Gasteiger partial charge in [0.2, 0.25) is 0 Å². The van der Waals surface area contributed by atoms with Crippen LogP contribution >= 0.6 is 11.8 Å². The Labute approximate surface area is 93.6 Å². The molecule has 0 N–H and O–H groups in total. The van der Waals surface area contributed by atoms with E-state index in [2.05, 4.69) is 24.3 Å². The Morgan fingerprint density at radius 3 is 2.80 bits per heavy atom. The first-order valence-electron chi connectivity index (χ1n) is 5.20. The molecule has 76 valence electrons. The minimum absolute atomic E-state index is 0.0548. The van der Waals surface area contributed by atoms with E-state index in [1.165, 1.54) is 5.56 Å². The first-order chi connectivity index (χ1) is 7.33. The van der Waals surface area contributed by atoms with Gasteiger partial charge in [-0.1, -0.05) is 30.3 Å². The third-order valence-corrected chi connectivity index (χ3v) is 4.43. The lowest BCUT2D eigenvalue weighted by atomic mass is 9.96. The van der Waals surface area contributed by atoms with Gasteiger partial charge >= 0.3 is 0 Å². The number of ketones is 1. The van der Waals surface area contributed by atoms with Crippen LogP contribution in [0.2, 0.25) is 0 Å². The molecular formula is C13H12OS. The van der Waals surface area contributed by atoms with Crippen molar-refractivity contribution in [2.75, 3.05) is 5.75 Å². The van der Waals surface area contributed by atoms with Gasteiger partial charge in [0.15, 0.2) is 5.78 Å². The van der Waals surface area contributed by atoms with Crippen molar-refractivity contribution in [3.8, 4) is 0 Å². The quantitative estimate of drug-likeness (QED) is 0.718. The van der Waals surface area contributed by atoms with E-state index in [1.807, 2.05) is 11.5 Å². The van der Waals surface area contributed by atoms with Crippen LogP contribution in [0.3, 0.4) is 0 Å². The van der Waals surface area contributed by atoms with Crippen molar-refractivity contribution in [2.24, 2.45) is 5.41 Å². The molecule has 0 bridgehead atoms. The summed E-state index contributed by atoms with van der Waals surface area (Å²) < 4.78 is 0. The van der Waals surface area contributed by atoms with Gasteiger partial charge in [-0.05, 0) is 29.4 Å². The lowest BCUT2D eigenvalue weighted by Crippen LogP contribution is -2.20. The van der Waals surface area contributed by atoms with Crippen LogP contribution in [0.15, 0.2) is 41.8 Å². The molecule has 0 radical (unpaired) electrons. The van der Waals surface area contributed by atoms with E-state index in [0.717, 1.165) is 12.2 Å². The SMILES string of the molecule is O=C1C=CSC[C@@]12C[C@H]2c1ccccc1. The second-order valence-corrected chi connectivity index (χ2v) is 5.20. The summed E-state index contributed by atoms with van der Waals surface area (Å²) in [5.74, 6) is 1.75. The Hall–Kier alpha value is -1.02. The van der Waals surface area contributed by atoms with Crippen molar-refractivity contribution in [2.45, 2.75) is 12.3 Å². The largest absolute Gasteiger partial charge is 0.294 e. The van der Waals surface area contributed by atoms with Crippen LogP contribution in [0.1, 0.15) is 17.9 Å². The van der Waals surface area contributed by atoms with Gasteiger partial charge in [-0.2, -0.15) is 0 Å². The van der Waals surface area contributed by atoms with Crippen LogP contribution in [-0.2, 0) is 4.79 Å². The molecule has 1 saturated carbocycles. The highest BCUT2D eigenvalue weighted by molar-refractivity contribution is 8.02. The second kappa shape index (κ2) is 3.24. The van der Waals surface area contributed by atoms with Crippen LogP contribution in [0.5, 0.6) is 0 Å². The Balaban J connectivity index is 1.89. The van der Waals surface area contributed by atoms with Gasteiger partial charge in [-0.3, -0.25) is 4.79 Å². The van der Waals surface area contributed by atoms with E-state index in [4.69, 9.17) is 0 Å². The Bertz CT molecular complexity index is 423. The number of allylic oxidation sites excluding steroid dienone is 1. The molecule has 0 aromatic heterocycles. The highest BCUT2D eigenvalue weighted by atomic mass is 32.2. The van der Waals surface area contributed by atoms with Gasteiger partial charge in [-0.25, -0.2) is 0 Å². The predicted molar refractivity (Wildman–Crippen MR) is 62.8 cm³/mol. The van der Waals surface area contributed by atoms with Gasteiger partial charge in [-0.15, -0.1) is 11.8 Å². The molecule has 0 unspecified atom stereocenters. The molecule has 2 heteroatoms. The van der Waals surface area contributed by atoms with Gasteiger partial charge in [0.25, 0.3) is 0 Å². The summed E-state index contributed by atoms with van der Waals surface area (Å²) in [5, 5.41) is 1.92. The van der Waals surface area contributed by atoms with E-state index in [9.17, 15) is 4.79 Å². The summed E-state index contributed by atoms with van der Waals surface area (Å²) in [5.41, 5.74) is 1.27. The van der Waals surface area contributed by atoms with Gasteiger partial charge in [0.05, 0.1) is 0 Å². The van der Waals surface area contributed by atoms with Gasteiger partial charge in [0, 0.05) is 11.2 Å². The first-order valence-corrected chi connectivity index (χ1v) is 6.25. The number of rotatable bonds is 1. The molecule has 1 aromatic carbocycles. The predicted octanol–water partition coefficient (Wildman–Crippen LogP) is 2.99. The van der Waals surface area contributed by atoms with Crippen LogP contribution in [-0.4, -0.2) is 11.5 Å². The molecule has 1 aliphatic carbocycles. The highest BCUT2D eigenvalue weighted by Gasteiger charge is 2.59. The molecule has 2 aliphatic rings. The van der Waals surface area contributed by atoms with Gasteiger partial charge < -0.3 is 0 Å². The van der Waals surface area contributed by atoms with Crippen molar-refractivity contribution in [3.63, 3.8) is 0 Å². The number of hydrogen-bond acceptors (Lipinski definition) is 2. The second-order valence-electron chi connectivity index (χ2n) is 4.30. The topological polar surface area (TPSA) is 17.1 Å². The van der Waals surface area contributed by atoms with Gasteiger partial charge in [0.1, 0.15) is 0 Å². The molecule has 1 heterocycles. The van der Waals surface area contributed by atoms with E-state index in [-0.39, 0.29) is 5.41 Å². The maximum atomic E-state index is 11.9. The van der Waals surface area contributed by atoms with E-state index >= 15 is 0 Å². The average Bonchev–Trinajstić information content (AvgIpc) is 3.00. The summed E-state index contributed by atoms with van der Waals surface area (Å²) >= 11 is 1.77. The molecule has 1 spiro atoms. The highest BCUT2D eigenvalue weighted by Crippen LogP contribution is 2.62. The van der Waals surface area contributed by atoms with Crippen molar-refractivity contribution < 1.29 is 4.79 Å². The van der Waals surface area contributed by atoms with Crippen LogP contribution < -0.4 is 0 Å². The van der Waals surface area contributed by atoms with E-state index < -0.39 is 0 Å². The fourth-order valence-corrected chi connectivity index (χ4v) is 3.48. The molecule has 3 rings (SSSR count). The summed E-state index contributed by atoms with van der Waals surface area (Å²) in [6.07, 6.45) is 2.78. The summed E-state index contributed by atoms with van der Waals surface area (Å²) in [7, 11) is 0. The fraction of sp³-hybridized carbons (Fsp3) is 0.308. The number of thioether (sulfide) groups is 1. The monoisotopic (exact) mass is 216 g/mol. The molecule has 0 amide bonds. The van der Waals surface area contributed by atoms with E-state index in [0.29, 0.717) is 11.7 Å². The maximum absolute atomic E-state index is 11.9. The van der Waals surface area contributed by atoms with Crippen LogP contribution in [0, 0.1) is 5.41 Å². The Kier molecular flexibility index (Phi) is 1.99. The lowest BCUT2D eigenvalue weighted by molar-refractivity contribution is -0.118. The van der Waals surface area contributed by atoms with Crippen molar-refractivity contribution >= 4 is 17.5 Å². The zero-order valence-corrected chi connectivity index (χ0v) is 9.17. The summed E-state index contributed by atoms with van der Waals surface area (Å²) in [6, 6.07) is 10.4. The number of hydrogen-bond donors (Lipinski definition) is 0. The van der Waals surface area contributed by atoms with Crippen LogP contribution in [0.4, 0.5) is 0 Å². The molecular weight excluding hydrogens is 204 g/mol. The Morgan fingerprint density at radius 1 is 1.27 bits per heavy atom. The molecule has 1 aliphatic heterocycles. The molecule has 1 aromatic rings. The summed E-state index contributed by atoms with van der Waals surface area (Å²) in [6.45, 7) is 0. The standard InChI is InChI=1S/C13H12OS/c14-12-6-7-15-9-13(12)8-11(13)10-4-2-1-3-5-10/h1-7,11H,8-9H2/t11-,13+/m0/s1. The first kappa shape index (κ1) is 9.22. The number of carbonyl (C=O) groups is 1. The van der Waals surface area contributed by atoms with E-state index in [1.54, 1.807) is 17.8 Å². The molecule has 2 atom stereocenters. The third-order valence-electron chi connectivity index (χ3n) is 3.42. The molecule has 1 fully saturated rings. The minimum atomic E-state index is -0.0548. The Morgan fingerprint density at radius 2 is 2.07 bits per heavy atom. The normalized spacial score (nSPS) is 33.3. The molecule has 1 nitrogen and oxygen atoms in total. The number of carbonyl (C=O) groups excluding carboxylic acids is 1. The van der Waals surface area contributed by atoms with Crippen LogP contribution in [0.25, 0.3) is 0 Å². The minimum Gasteiger partial charge on any atom is -0.294 e. The van der Waals surface area contributed by atoms with Crippen molar-refractivity contribution in [1.29, 1.82) is 0 Å². The zero-order valence-electron chi connectivity index (χ0n) is 8.35. The zero-order chi connectivity index (χ0) is 10.3.